The molecule has 0 N–H and O–H groups in total. The molecule has 9 rings (SSSR count). The largest absolute Gasteiger partial charge is 0.289 e. The molecule has 8 aromatic carbocycles. The van der Waals surface area contributed by atoms with Crippen LogP contribution < -0.4 is 0 Å². The first kappa shape index (κ1) is 32.3. The molecule has 0 bridgehead atoms. The maximum absolute atomic E-state index is 14.1. The van der Waals surface area contributed by atoms with Gasteiger partial charge in [-0.1, -0.05) is 172 Å². The number of carbonyl (C=O) groups excluding carboxylic acids is 1. The molecule has 0 amide bonds. The van der Waals surface area contributed by atoms with E-state index in [9.17, 15) is 4.79 Å². The number of hydrogen-bond acceptors (Lipinski definition) is 1. The van der Waals surface area contributed by atoms with Crippen LogP contribution in [0.2, 0.25) is 0 Å². The highest BCUT2D eigenvalue weighted by atomic mass is 16.1. The molecule has 0 spiro atoms. The average Bonchev–Trinajstić information content (AvgIpc) is 3.23. The normalized spacial score (nSPS) is 12.9. The lowest BCUT2D eigenvalue weighted by atomic mass is 9.67. The molecular weight excluding hydrogens is 641 g/mol. The van der Waals surface area contributed by atoms with E-state index in [1.54, 1.807) is 0 Å². The van der Waals surface area contributed by atoms with Crippen molar-refractivity contribution in [3.05, 3.63) is 216 Å². The van der Waals surface area contributed by atoms with Crippen LogP contribution in [0.15, 0.2) is 194 Å². The summed E-state index contributed by atoms with van der Waals surface area (Å²) in [4.78, 5) is 14.1. The van der Waals surface area contributed by atoms with Crippen molar-refractivity contribution < 1.29 is 4.79 Å². The van der Waals surface area contributed by atoms with E-state index in [4.69, 9.17) is 0 Å². The van der Waals surface area contributed by atoms with E-state index in [2.05, 4.69) is 184 Å². The molecule has 8 aromatic rings. The van der Waals surface area contributed by atoms with Crippen LogP contribution in [0.4, 0.5) is 0 Å². The summed E-state index contributed by atoms with van der Waals surface area (Å²) in [5.74, 6) is 0.0883. The maximum Gasteiger partial charge on any atom is 0.193 e. The van der Waals surface area contributed by atoms with Gasteiger partial charge in [-0.3, -0.25) is 4.79 Å². The zero-order chi connectivity index (χ0) is 35.9. The van der Waals surface area contributed by atoms with E-state index in [-0.39, 0.29) is 11.2 Å². The van der Waals surface area contributed by atoms with Crippen LogP contribution >= 0.6 is 0 Å². The van der Waals surface area contributed by atoms with Gasteiger partial charge in [0.25, 0.3) is 0 Å². The maximum atomic E-state index is 14.1. The number of ketones is 1. The van der Waals surface area contributed by atoms with Gasteiger partial charge in [-0.15, -0.1) is 0 Å². The van der Waals surface area contributed by atoms with Crippen LogP contribution in [0.5, 0.6) is 0 Å². The van der Waals surface area contributed by atoms with Crippen molar-refractivity contribution in [2.24, 2.45) is 0 Å². The van der Waals surface area contributed by atoms with Crippen LogP contribution in [-0.2, 0) is 5.41 Å². The van der Waals surface area contributed by atoms with Crippen molar-refractivity contribution in [2.45, 2.75) is 19.3 Å². The summed E-state index contributed by atoms with van der Waals surface area (Å²) in [6.07, 6.45) is 0. The SMILES string of the molecule is CC1(C)c2cc(-c3cccc(-c4cccc(-c5ccccc5)c4)c3)ccc2C(=O)c2ccc(-c3cccc(-c4cccc(-c5ccccc5)c4)c3)cc21. The van der Waals surface area contributed by atoms with E-state index in [0.717, 1.165) is 55.6 Å². The second kappa shape index (κ2) is 13.2. The minimum Gasteiger partial charge on any atom is -0.289 e. The molecule has 252 valence electrons. The van der Waals surface area contributed by atoms with E-state index in [1.165, 1.54) is 33.4 Å². The summed E-state index contributed by atoms with van der Waals surface area (Å²) in [6, 6.07) is 68.6. The molecule has 1 aliphatic carbocycles. The van der Waals surface area contributed by atoms with Crippen molar-refractivity contribution in [3.63, 3.8) is 0 Å². The highest BCUT2D eigenvalue weighted by Gasteiger charge is 2.37. The summed E-state index contributed by atoms with van der Waals surface area (Å²) in [6.45, 7) is 4.50. The van der Waals surface area contributed by atoms with Crippen molar-refractivity contribution >= 4 is 5.78 Å². The lowest BCUT2D eigenvalue weighted by Gasteiger charge is -2.35. The minimum atomic E-state index is -0.381. The van der Waals surface area contributed by atoms with Crippen LogP contribution in [0.1, 0.15) is 40.9 Å². The molecule has 1 aliphatic rings. The Balaban J connectivity index is 1.05. The molecule has 0 radical (unpaired) electrons. The van der Waals surface area contributed by atoms with Gasteiger partial charge in [0.2, 0.25) is 0 Å². The van der Waals surface area contributed by atoms with E-state index in [1.807, 2.05) is 24.3 Å². The van der Waals surface area contributed by atoms with E-state index < -0.39 is 0 Å². The molecule has 0 saturated carbocycles. The van der Waals surface area contributed by atoms with Crippen molar-refractivity contribution in [1.29, 1.82) is 0 Å². The number of benzene rings is 8. The molecule has 0 aliphatic heterocycles. The first-order valence-electron chi connectivity index (χ1n) is 18.3. The Morgan fingerprint density at radius 3 is 0.868 bits per heavy atom. The molecule has 0 aromatic heterocycles. The second-order valence-electron chi connectivity index (χ2n) is 14.5. The third-order valence-electron chi connectivity index (χ3n) is 10.9. The number of carbonyl (C=O) groups is 1. The Bertz CT molecular complexity index is 2460. The van der Waals surface area contributed by atoms with Gasteiger partial charge in [0, 0.05) is 16.5 Å². The van der Waals surface area contributed by atoms with Gasteiger partial charge >= 0.3 is 0 Å². The molecule has 1 nitrogen and oxygen atoms in total. The zero-order valence-electron chi connectivity index (χ0n) is 29.9. The van der Waals surface area contributed by atoms with Crippen LogP contribution in [0.25, 0.3) is 66.8 Å². The fourth-order valence-corrected chi connectivity index (χ4v) is 7.94. The number of fused-ring (bicyclic) bond motifs is 2. The summed E-state index contributed by atoms with van der Waals surface area (Å²) in [5, 5.41) is 0. The molecule has 0 heterocycles. The first-order chi connectivity index (χ1) is 25.9. The molecule has 53 heavy (non-hydrogen) atoms. The quantitative estimate of drug-likeness (QED) is 0.171. The number of rotatable bonds is 6. The zero-order valence-corrected chi connectivity index (χ0v) is 29.9. The Hall–Kier alpha value is -6.57. The monoisotopic (exact) mass is 678 g/mol. The third-order valence-corrected chi connectivity index (χ3v) is 10.9. The van der Waals surface area contributed by atoms with Gasteiger partial charge in [0.05, 0.1) is 0 Å². The molecule has 0 saturated heterocycles. The summed E-state index contributed by atoms with van der Waals surface area (Å²) in [5.41, 5.74) is 17.3. The van der Waals surface area contributed by atoms with Gasteiger partial charge in [-0.25, -0.2) is 0 Å². The minimum absolute atomic E-state index is 0.0883. The predicted octanol–water partition coefficient (Wildman–Crippen LogP) is 13.6. The molecule has 0 unspecified atom stereocenters. The van der Waals surface area contributed by atoms with Gasteiger partial charge in [-0.05, 0) is 114 Å². The van der Waals surface area contributed by atoms with Crippen LogP contribution in [-0.4, -0.2) is 5.78 Å². The Morgan fingerprint density at radius 2 is 0.547 bits per heavy atom. The highest BCUT2D eigenvalue weighted by Crippen LogP contribution is 2.44. The molecule has 0 fully saturated rings. The predicted molar refractivity (Wildman–Crippen MR) is 221 cm³/mol. The van der Waals surface area contributed by atoms with Gasteiger partial charge in [0.1, 0.15) is 0 Å². The Morgan fingerprint density at radius 1 is 0.283 bits per heavy atom. The highest BCUT2D eigenvalue weighted by molar-refractivity contribution is 6.13. The fraction of sp³-hybridized carbons (Fsp3) is 0.0577. The van der Waals surface area contributed by atoms with Gasteiger partial charge in [-0.2, -0.15) is 0 Å². The number of hydrogen-bond donors (Lipinski definition) is 0. The van der Waals surface area contributed by atoms with Gasteiger partial charge < -0.3 is 0 Å². The first-order valence-corrected chi connectivity index (χ1v) is 18.3. The second-order valence-corrected chi connectivity index (χ2v) is 14.5. The third kappa shape index (κ3) is 6.01. The van der Waals surface area contributed by atoms with E-state index in [0.29, 0.717) is 0 Å². The Labute approximate surface area is 311 Å². The van der Waals surface area contributed by atoms with Crippen LogP contribution in [0, 0.1) is 0 Å². The van der Waals surface area contributed by atoms with Gasteiger partial charge in [0.15, 0.2) is 5.78 Å². The Kier molecular flexibility index (Phi) is 8.05. The lowest BCUT2D eigenvalue weighted by molar-refractivity contribution is 0.103. The molecule has 1 heteroatoms. The fourth-order valence-electron chi connectivity index (χ4n) is 7.94. The summed E-state index contributed by atoms with van der Waals surface area (Å²) in [7, 11) is 0. The summed E-state index contributed by atoms with van der Waals surface area (Å²) < 4.78 is 0. The molecule has 0 atom stereocenters. The van der Waals surface area contributed by atoms with Crippen molar-refractivity contribution in [3.8, 4) is 66.8 Å². The average molecular weight is 679 g/mol. The summed E-state index contributed by atoms with van der Waals surface area (Å²) >= 11 is 0. The van der Waals surface area contributed by atoms with Crippen LogP contribution in [0.3, 0.4) is 0 Å². The topological polar surface area (TPSA) is 17.1 Å². The van der Waals surface area contributed by atoms with Crippen molar-refractivity contribution in [1.82, 2.24) is 0 Å². The smallest absolute Gasteiger partial charge is 0.193 e. The van der Waals surface area contributed by atoms with E-state index >= 15 is 0 Å². The standard InChI is InChI=1S/C52H38O/c1-52(2)49-33-45(43-23-11-21-41(31-43)39-19-9-17-37(29-39)35-13-5-3-6-14-35)25-27-47(49)51(53)48-28-26-46(34-50(48)52)44-24-12-22-42(32-44)40-20-10-18-38(30-40)36-15-7-4-8-16-36/h3-34H,1-2H3. The molecular formula is C52H38O. The van der Waals surface area contributed by atoms with Crippen molar-refractivity contribution in [2.75, 3.05) is 0 Å². The lowest BCUT2D eigenvalue weighted by Crippen LogP contribution is -2.30.